The smallest absolute Gasteiger partial charge is 0.0711 e. The average molecular weight is 189 g/mol. The Hall–Kier alpha value is -1.35. The van der Waals surface area contributed by atoms with Crippen molar-refractivity contribution in [3.05, 3.63) is 29.0 Å². The molecule has 2 N–H and O–H groups in total. The third-order valence-electron chi connectivity index (χ3n) is 2.61. The van der Waals surface area contributed by atoms with Gasteiger partial charge in [0.25, 0.3) is 0 Å². The van der Waals surface area contributed by atoms with Gasteiger partial charge in [-0.15, -0.1) is 0 Å². The molecule has 1 aromatic carbocycles. The van der Waals surface area contributed by atoms with Crippen molar-refractivity contribution in [3.8, 4) is 0 Å². The summed E-state index contributed by atoms with van der Waals surface area (Å²) in [7, 11) is 1.98. The van der Waals surface area contributed by atoms with E-state index < -0.39 is 0 Å². The molecule has 0 fully saturated rings. The second-order valence-electron chi connectivity index (χ2n) is 3.72. The Morgan fingerprint density at radius 3 is 2.71 bits per heavy atom. The molecule has 1 aromatic heterocycles. The maximum atomic E-state index is 5.64. The summed E-state index contributed by atoms with van der Waals surface area (Å²) in [6, 6.07) is 4.26. The lowest BCUT2D eigenvalue weighted by Gasteiger charge is -2.02. The van der Waals surface area contributed by atoms with Gasteiger partial charge < -0.3 is 5.73 Å². The molecule has 3 nitrogen and oxygen atoms in total. The quantitative estimate of drug-likeness (QED) is 0.741. The maximum Gasteiger partial charge on any atom is 0.0711 e. The fourth-order valence-corrected chi connectivity index (χ4v) is 2.01. The third kappa shape index (κ3) is 1.21. The van der Waals surface area contributed by atoms with Crippen LogP contribution in [-0.2, 0) is 13.6 Å². The maximum absolute atomic E-state index is 5.64. The topological polar surface area (TPSA) is 43.8 Å². The van der Waals surface area contributed by atoms with Gasteiger partial charge >= 0.3 is 0 Å². The SMILES string of the molecule is Cc1nn(C)c2c(C)cc(CN)cc12. The summed E-state index contributed by atoms with van der Waals surface area (Å²) in [5, 5.41) is 5.62. The van der Waals surface area contributed by atoms with E-state index in [1.165, 1.54) is 22.0 Å². The van der Waals surface area contributed by atoms with Crippen LogP contribution in [0.15, 0.2) is 12.1 Å². The Morgan fingerprint density at radius 2 is 2.07 bits per heavy atom. The molecule has 1 heterocycles. The standard InChI is InChI=1S/C11H15N3/c1-7-4-9(6-12)5-10-8(2)13-14(3)11(7)10/h4-5H,6,12H2,1-3H3. The normalized spacial score (nSPS) is 11.1. The van der Waals surface area contributed by atoms with Gasteiger partial charge in [-0.3, -0.25) is 4.68 Å². The van der Waals surface area contributed by atoms with Crippen LogP contribution < -0.4 is 5.73 Å². The molecular formula is C11H15N3. The highest BCUT2D eigenvalue weighted by Crippen LogP contribution is 2.22. The van der Waals surface area contributed by atoms with E-state index in [1.807, 2.05) is 18.7 Å². The number of fused-ring (bicyclic) bond motifs is 1. The molecule has 0 spiro atoms. The molecule has 0 aliphatic carbocycles. The zero-order valence-corrected chi connectivity index (χ0v) is 8.83. The van der Waals surface area contributed by atoms with Crippen LogP contribution in [0, 0.1) is 13.8 Å². The summed E-state index contributed by atoms with van der Waals surface area (Å²) in [4.78, 5) is 0. The molecule has 0 atom stereocenters. The first-order valence-electron chi connectivity index (χ1n) is 4.76. The summed E-state index contributed by atoms with van der Waals surface area (Å²) in [6.07, 6.45) is 0. The van der Waals surface area contributed by atoms with Gasteiger partial charge in [0.1, 0.15) is 0 Å². The number of hydrogen-bond acceptors (Lipinski definition) is 2. The number of nitrogens with two attached hydrogens (primary N) is 1. The van der Waals surface area contributed by atoms with Crippen molar-refractivity contribution in [2.45, 2.75) is 20.4 Å². The van der Waals surface area contributed by atoms with Crippen molar-refractivity contribution in [3.63, 3.8) is 0 Å². The van der Waals surface area contributed by atoms with Crippen LogP contribution in [0.1, 0.15) is 16.8 Å². The second-order valence-corrected chi connectivity index (χ2v) is 3.72. The van der Waals surface area contributed by atoms with Crippen molar-refractivity contribution >= 4 is 10.9 Å². The molecule has 0 amide bonds. The molecular weight excluding hydrogens is 174 g/mol. The molecule has 14 heavy (non-hydrogen) atoms. The Balaban J connectivity index is 2.86. The number of aryl methyl sites for hydroxylation is 3. The molecule has 2 aromatic rings. The van der Waals surface area contributed by atoms with E-state index in [2.05, 4.69) is 24.2 Å². The summed E-state index contributed by atoms with van der Waals surface area (Å²) in [5.74, 6) is 0. The van der Waals surface area contributed by atoms with E-state index in [0.29, 0.717) is 6.54 Å². The van der Waals surface area contributed by atoms with Gasteiger partial charge in [0.05, 0.1) is 11.2 Å². The molecule has 2 rings (SSSR count). The zero-order chi connectivity index (χ0) is 10.3. The van der Waals surface area contributed by atoms with Gasteiger partial charge in [0.2, 0.25) is 0 Å². The number of hydrogen-bond donors (Lipinski definition) is 1. The number of benzene rings is 1. The van der Waals surface area contributed by atoms with Gasteiger partial charge in [-0.25, -0.2) is 0 Å². The van der Waals surface area contributed by atoms with Crippen LogP contribution in [0.25, 0.3) is 10.9 Å². The van der Waals surface area contributed by atoms with Crippen LogP contribution in [0.4, 0.5) is 0 Å². The van der Waals surface area contributed by atoms with E-state index in [9.17, 15) is 0 Å². The molecule has 3 heteroatoms. The fourth-order valence-electron chi connectivity index (χ4n) is 2.01. The van der Waals surface area contributed by atoms with E-state index in [4.69, 9.17) is 5.73 Å². The van der Waals surface area contributed by atoms with Crippen LogP contribution >= 0.6 is 0 Å². The minimum atomic E-state index is 0.588. The fraction of sp³-hybridized carbons (Fsp3) is 0.364. The first-order chi connectivity index (χ1) is 6.63. The lowest BCUT2D eigenvalue weighted by Crippen LogP contribution is -1.97. The minimum absolute atomic E-state index is 0.588. The van der Waals surface area contributed by atoms with E-state index >= 15 is 0 Å². The van der Waals surface area contributed by atoms with Gasteiger partial charge in [-0.05, 0) is 31.0 Å². The van der Waals surface area contributed by atoms with E-state index in [0.717, 1.165) is 5.69 Å². The van der Waals surface area contributed by atoms with Crippen molar-refractivity contribution in [1.82, 2.24) is 9.78 Å². The van der Waals surface area contributed by atoms with Crippen LogP contribution in [0.2, 0.25) is 0 Å². The molecule has 74 valence electrons. The van der Waals surface area contributed by atoms with Crippen molar-refractivity contribution in [1.29, 1.82) is 0 Å². The lowest BCUT2D eigenvalue weighted by molar-refractivity contribution is 0.781. The minimum Gasteiger partial charge on any atom is -0.326 e. The van der Waals surface area contributed by atoms with Crippen molar-refractivity contribution < 1.29 is 0 Å². The number of nitrogens with zero attached hydrogens (tertiary/aromatic N) is 2. The number of rotatable bonds is 1. The summed E-state index contributed by atoms with van der Waals surface area (Å²) in [5.41, 5.74) is 10.3. The van der Waals surface area contributed by atoms with Crippen LogP contribution in [0.5, 0.6) is 0 Å². The number of aromatic nitrogens is 2. The van der Waals surface area contributed by atoms with Gasteiger partial charge in [0.15, 0.2) is 0 Å². The zero-order valence-electron chi connectivity index (χ0n) is 8.83. The van der Waals surface area contributed by atoms with E-state index in [1.54, 1.807) is 0 Å². The second kappa shape index (κ2) is 3.10. The van der Waals surface area contributed by atoms with E-state index in [-0.39, 0.29) is 0 Å². The van der Waals surface area contributed by atoms with Crippen LogP contribution in [0.3, 0.4) is 0 Å². The summed E-state index contributed by atoms with van der Waals surface area (Å²) in [6.45, 7) is 4.72. The van der Waals surface area contributed by atoms with Crippen LogP contribution in [-0.4, -0.2) is 9.78 Å². The molecule has 0 bridgehead atoms. The van der Waals surface area contributed by atoms with Gasteiger partial charge in [0, 0.05) is 19.0 Å². The Labute approximate surface area is 83.5 Å². The first kappa shape index (κ1) is 9.21. The third-order valence-corrected chi connectivity index (χ3v) is 2.61. The predicted molar refractivity (Wildman–Crippen MR) is 58.1 cm³/mol. The summed E-state index contributed by atoms with van der Waals surface area (Å²) < 4.78 is 1.93. The summed E-state index contributed by atoms with van der Waals surface area (Å²) >= 11 is 0. The largest absolute Gasteiger partial charge is 0.326 e. The molecule has 0 unspecified atom stereocenters. The Morgan fingerprint density at radius 1 is 1.36 bits per heavy atom. The Kier molecular flexibility index (Phi) is 2.04. The lowest BCUT2D eigenvalue weighted by atomic mass is 10.1. The van der Waals surface area contributed by atoms with Crippen molar-refractivity contribution in [2.24, 2.45) is 12.8 Å². The van der Waals surface area contributed by atoms with Gasteiger partial charge in [-0.1, -0.05) is 6.07 Å². The molecule has 0 aliphatic rings. The molecule has 0 saturated heterocycles. The Bertz CT molecular complexity index is 483. The highest BCUT2D eigenvalue weighted by atomic mass is 15.3. The average Bonchev–Trinajstić information content (AvgIpc) is 2.42. The molecule has 0 radical (unpaired) electrons. The van der Waals surface area contributed by atoms with Gasteiger partial charge in [-0.2, -0.15) is 5.10 Å². The highest BCUT2D eigenvalue weighted by Gasteiger charge is 2.08. The monoisotopic (exact) mass is 189 g/mol. The molecule has 0 saturated carbocycles. The highest BCUT2D eigenvalue weighted by molar-refractivity contribution is 5.85. The van der Waals surface area contributed by atoms with Crippen molar-refractivity contribution in [2.75, 3.05) is 0 Å². The first-order valence-corrected chi connectivity index (χ1v) is 4.76. The predicted octanol–water partition coefficient (Wildman–Crippen LogP) is 1.65. The molecule has 0 aliphatic heterocycles.